The van der Waals surface area contributed by atoms with Gasteiger partial charge in [-0.15, -0.1) is 0 Å². The molecule has 21 heavy (non-hydrogen) atoms. The highest BCUT2D eigenvalue weighted by atomic mass is 16.2. The van der Waals surface area contributed by atoms with Crippen molar-refractivity contribution >= 4 is 17.5 Å². The van der Waals surface area contributed by atoms with E-state index in [0.29, 0.717) is 19.5 Å². The van der Waals surface area contributed by atoms with Gasteiger partial charge in [0.15, 0.2) is 0 Å². The van der Waals surface area contributed by atoms with Crippen LogP contribution in [0, 0.1) is 0 Å². The number of amides is 2. The van der Waals surface area contributed by atoms with Gasteiger partial charge in [0, 0.05) is 18.3 Å². The van der Waals surface area contributed by atoms with Crippen LogP contribution in [0.5, 0.6) is 0 Å². The number of carbonyl (C=O) groups excluding carboxylic acids is 2. The number of primary amides is 1. The molecule has 0 radical (unpaired) electrons. The second-order valence-electron chi connectivity index (χ2n) is 5.58. The minimum atomic E-state index is -0.301. The van der Waals surface area contributed by atoms with E-state index in [4.69, 9.17) is 5.73 Å². The largest absolute Gasteiger partial charge is 0.369 e. The fraction of sp³-hybridized carbons (Fsp3) is 0.500. The number of nitrogens with one attached hydrogen (secondary N) is 1. The average Bonchev–Trinajstić information content (AvgIpc) is 2.47. The van der Waals surface area contributed by atoms with Crippen LogP contribution in [0.4, 0.5) is 5.69 Å². The molecule has 1 aliphatic heterocycles. The first kappa shape index (κ1) is 15.4. The molecule has 0 saturated heterocycles. The highest BCUT2D eigenvalue weighted by Gasteiger charge is 2.33. The van der Waals surface area contributed by atoms with E-state index in [9.17, 15) is 9.59 Å². The van der Waals surface area contributed by atoms with Gasteiger partial charge in [0.05, 0.1) is 12.5 Å². The Morgan fingerprint density at radius 1 is 1.38 bits per heavy atom. The lowest BCUT2D eigenvalue weighted by Crippen LogP contribution is -2.46. The Hall–Kier alpha value is -2.04. The first-order chi connectivity index (χ1) is 10.0. The summed E-state index contributed by atoms with van der Waals surface area (Å²) in [6, 6.07) is 7.80. The Morgan fingerprint density at radius 3 is 2.76 bits per heavy atom. The van der Waals surface area contributed by atoms with Crippen LogP contribution in [0.2, 0.25) is 0 Å². The average molecular weight is 289 g/mol. The minimum Gasteiger partial charge on any atom is -0.369 e. The summed E-state index contributed by atoms with van der Waals surface area (Å²) in [5, 5.41) is 2.89. The summed E-state index contributed by atoms with van der Waals surface area (Å²) in [4.78, 5) is 25.7. The zero-order valence-electron chi connectivity index (χ0n) is 12.6. The van der Waals surface area contributed by atoms with Crippen LogP contribution < -0.4 is 16.0 Å². The lowest BCUT2D eigenvalue weighted by Gasteiger charge is -2.39. The van der Waals surface area contributed by atoms with Gasteiger partial charge in [-0.05, 0) is 31.4 Å². The van der Waals surface area contributed by atoms with Crippen LogP contribution in [0.15, 0.2) is 24.3 Å². The molecule has 0 fully saturated rings. The van der Waals surface area contributed by atoms with E-state index in [1.807, 2.05) is 38.1 Å². The molecule has 1 aromatic carbocycles. The molecule has 5 heteroatoms. The molecule has 0 bridgehead atoms. The number of carbonyl (C=O) groups is 2. The second-order valence-corrected chi connectivity index (χ2v) is 5.58. The highest BCUT2D eigenvalue weighted by Crippen LogP contribution is 2.37. The van der Waals surface area contributed by atoms with Crippen molar-refractivity contribution in [2.24, 2.45) is 5.73 Å². The Bertz CT molecular complexity index is 530. The second kappa shape index (κ2) is 6.61. The first-order valence-electron chi connectivity index (χ1n) is 7.46. The maximum absolute atomic E-state index is 12.0. The number of hydrogen-bond acceptors (Lipinski definition) is 3. The predicted octanol–water partition coefficient (Wildman–Crippen LogP) is 1.38. The van der Waals surface area contributed by atoms with E-state index in [-0.39, 0.29) is 23.8 Å². The van der Waals surface area contributed by atoms with Crippen molar-refractivity contribution in [1.82, 2.24) is 5.32 Å². The molecule has 1 aliphatic rings. The molecule has 1 heterocycles. The Kier molecular flexibility index (Phi) is 4.83. The van der Waals surface area contributed by atoms with Crippen molar-refractivity contribution in [3.63, 3.8) is 0 Å². The monoisotopic (exact) mass is 289 g/mol. The molecule has 2 atom stereocenters. The summed E-state index contributed by atoms with van der Waals surface area (Å²) >= 11 is 0. The number of hydrogen-bond donors (Lipinski definition) is 2. The molecule has 114 valence electrons. The third kappa shape index (κ3) is 3.35. The van der Waals surface area contributed by atoms with E-state index in [1.54, 1.807) is 0 Å². The molecular weight excluding hydrogens is 266 g/mol. The Labute approximate surface area is 125 Å². The smallest absolute Gasteiger partial charge is 0.239 e. The summed E-state index contributed by atoms with van der Waals surface area (Å²) in [6.45, 7) is 5.05. The highest BCUT2D eigenvalue weighted by molar-refractivity contribution is 5.87. The number of nitrogens with zero attached hydrogens (tertiary/aromatic N) is 1. The maximum Gasteiger partial charge on any atom is 0.239 e. The summed E-state index contributed by atoms with van der Waals surface area (Å²) < 4.78 is 0. The third-order valence-electron chi connectivity index (χ3n) is 3.96. The van der Waals surface area contributed by atoms with Crippen molar-refractivity contribution in [3.05, 3.63) is 29.8 Å². The van der Waals surface area contributed by atoms with Gasteiger partial charge < -0.3 is 16.0 Å². The summed E-state index contributed by atoms with van der Waals surface area (Å²) in [5.41, 5.74) is 7.38. The Morgan fingerprint density at radius 2 is 2.10 bits per heavy atom. The van der Waals surface area contributed by atoms with Crippen LogP contribution in [0.25, 0.3) is 0 Å². The van der Waals surface area contributed by atoms with Crippen LogP contribution in [-0.4, -0.2) is 30.9 Å². The predicted molar refractivity (Wildman–Crippen MR) is 83.1 cm³/mol. The van der Waals surface area contributed by atoms with Crippen LogP contribution >= 0.6 is 0 Å². The summed E-state index contributed by atoms with van der Waals surface area (Å²) in [5.74, 6) is -0.563. The zero-order valence-corrected chi connectivity index (χ0v) is 12.6. The number of benzene rings is 1. The van der Waals surface area contributed by atoms with Crippen molar-refractivity contribution < 1.29 is 9.59 Å². The van der Waals surface area contributed by atoms with Gasteiger partial charge >= 0.3 is 0 Å². The molecule has 0 aliphatic carbocycles. The normalized spacial score (nSPS) is 20.8. The van der Waals surface area contributed by atoms with Gasteiger partial charge in [-0.3, -0.25) is 9.59 Å². The molecule has 0 saturated carbocycles. The molecular formula is C16H23N3O2. The number of rotatable bonds is 5. The van der Waals surface area contributed by atoms with Crippen molar-refractivity contribution in [2.75, 3.05) is 18.0 Å². The molecule has 0 unspecified atom stereocenters. The molecule has 5 nitrogen and oxygen atoms in total. The Balaban J connectivity index is 2.24. The lowest BCUT2D eigenvalue weighted by atomic mass is 9.85. The first-order valence-corrected chi connectivity index (χ1v) is 7.46. The van der Waals surface area contributed by atoms with Gasteiger partial charge in [0.2, 0.25) is 11.8 Å². The fourth-order valence-corrected chi connectivity index (χ4v) is 2.86. The van der Waals surface area contributed by atoms with Crippen LogP contribution in [0.1, 0.15) is 38.2 Å². The molecule has 3 N–H and O–H groups in total. The minimum absolute atomic E-state index is 0.0102. The van der Waals surface area contributed by atoms with Gasteiger partial charge in [0.1, 0.15) is 0 Å². The van der Waals surface area contributed by atoms with E-state index in [0.717, 1.165) is 17.7 Å². The summed E-state index contributed by atoms with van der Waals surface area (Å²) in [6.07, 6.45) is 1.56. The molecule has 0 spiro atoms. The molecule has 1 aromatic rings. The van der Waals surface area contributed by atoms with Crippen molar-refractivity contribution in [1.29, 1.82) is 0 Å². The van der Waals surface area contributed by atoms with Gasteiger partial charge in [-0.1, -0.05) is 25.1 Å². The van der Waals surface area contributed by atoms with Gasteiger partial charge in [-0.25, -0.2) is 0 Å². The van der Waals surface area contributed by atoms with Crippen LogP contribution in [-0.2, 0) is 9.59 Å². The number of anilines is 1. The van der Waals surface area contributed by atoms with E-state index in [1.165, 1.54) is 0 Å². The number of fused-ring (bicyclic) bond motifs is 1. The summed E-state index contributed by atoms with van der Waals surface area (Å²) in [7, 11) is 0. The fourth-order valence-electron chi connectivity index (χ4n) is 2.86. The topological polar surface area (TPSA) is 75.4 Å². The number of para-hydroxylation sites is 1. The van der Waals surface area contributed by atoms with Gasteiger partial charge in [-0.2, -0.15) is 0 Å². The molecule has 2 amide bonds. The maximum atomic E-state index is 12.0. The van der Waals surface area contributed by atoms with Crippen molar-refractivity contribution in [2.45, 2.75) is 38.6 Å². The lowest BCUT2D eigenvalue weighted by molar-refractivity contribution is -0.120. The zero-order chi connectivity index (χ0) is 15.4. The molecule has 2 rings (SSSR count). The number of nitrogens with two attached hydrogens (primary N) is 1. The van der Waals surface area contributed by atoms with E-state index >= 15 is 0 Å². The van der Waals surface area contributed by atoms with E-state index in [2.05, 4.69) is 10.2 Å². The molecule has 0 aromatic heterocycles. The SMILES string of the molecule is CCCNC(=O)CN1c2ccccc2[C@@H](C(N)=O)C[C@H]1C. The standard InChI is InChI=1S/C16H23N3O2/c1-3-8-18-15(20)10-19-11(2)9-13(16(17)21)12-6-4-5-7-14(12)19/h4-7,11,13H,3,8-10H2,1-2H3,(H2,17,21)(H,18,20)/t11-,13+/m1/s1. The van der Waals surface area contributed by atoms with Crippen molar-refractivity contribution in [3.8, 4) is 0 Å². The quantitative estimate of drug-likeness (QED) is 0.860. The third-order valence-corrected chi connectivity index (χ3v) is 3.96. The van der Waals surface area contributed by atoms with Crippen LogP contribution in [0.3, 0.4) is 0 Å². The van der Waals surface area contributed by atoms with Gasteiger partial charge in [0.25, 0.3) is 0 Å². The van der Waals surface area contributed by atoms with E-state index < -0.39 is 0 Å².